The quantitative estimate of drug-likeness (QED) is 0.405. The van der Waals surface area contributed by atoms with Gasteiger partial charge in [-0.25, -0.2) is 28.7 Å². The Bertz CT molecular complexity index is 1420. The Morgan fingerprint density at radius 1 is 1.09 bits per heavy atom. The zero-order valence-corrected chi connectivity index (χ0v) is 19.4. The highest BCUT2D eigenvalue weighted by atomic mass is 19.1. The number of ether oxygens (including phenoxy) is 2. The number of nitrogens with zero attached hydrogens (tertiary/aromatic N) is 6. The van der Waals surface area contributed by atoms with E-state index in [0.717, 1.165) is 24.5 Å². The van der Waals surface area contributed by atoms with Crippen molar-refractivity contribution in [2.45, 2.75) is 50.7 Å². The second-order valence-corrected chi connectivity index (χ2v) is 9.11. The van der Waals surface area contributed by atoms with Gasteiger partial charge in [0.1, 0.15) is 34.4 Å². The molecule has 6 rings (SSSR count). The molecular weight excluding hydrogens is 454 g/mol. The van der Waals surface area contributed by atoms with Gasteiger partial charge in [0.15, 0.2) is 5.65 Å². The number of fused-ring (bicyclic) bond motifs is 1. The van der Waals surface area contributed by atoms with E-state index in [4.69, 9.17) is 19.4 Å². The third-order valence-electron chi connectivity index (χ3n) is 6.62. The summed E-state index contributed by atoms with van der Waals surface area (Å²) in [5.41, 5.74) is 2.64. The molecule has 3 aromatic heterocycles. The van der Waals surface area contributed by atoms with Gasteiger partial charge in [-0.2, -0.15) is 5.10 Å². The van der Waals surface area contributed by atoms with Crippen LogP contribution in [0.1, 0.15) is 60.8 Å². The van der Waals surface area contributed by atoms with Crippen molar-refractivity contribution in [3.8, 4) is 17.1 Å². The van der Waals surface area contributed by atoms with E-state index in [0.29, 0.717) is 54.1 Å². The largest absolute Gasteiger partial charge is 0.480 e. The molecule has 1 aliphatic carbocycles. The molecule has 1 aromatic carbocycles. The second kappa shape index (κ2) is 8.60. The molecule has 0 radical (unpaired) electrons. The minimum atomic E-state index is -0.727. The average molecular weight is 479 g/mol. The maximum atomic E-state index is 14.8. The van der Waals surface area contributed by atoms with Crippen molar-refractivity contribution in [2.75, 3.05) is 13.7 Å². The molecule has 0 N–H and O–H groups in total. The van der Waals surface area contributed by atoms with Crippen molar-refractivity contribution in [1.29, 1.82) is 0 Å². The molecule has 0 amide bonds. The number of aromatic nitrogens is 6. The number of hydrogen-bond donors (Lipinski definition) is 0. The minimum Gasteiger partial charge on any atom is -0.480 e. The Hall–Kier alpha value is -3.53. The molecule has 1 aliphatic heterocycles. The Morgan fingerprint density at radius 2 is 1.94 bits per heavy atom. The average Bonchev–Trinajstić information content (AvgIpc) is 3.59. The van der Waals surface area contributed by atoms with Crippen molar-refractivity contribution in [3.05, 3.63) is 59.3 Å². The molecule has 4 aromatic rings. The van der Waals surface area contributed by atoms with Crippen LogP contribution in [0.25, 0.3) is 22.4 Å². The maximum Gasteiger partial charge on any atom is 0.235 e. The molecule has 0 spiro atoms. The first-order valence-electron chi connectivity index (χ1n) is 11.7. The first-order chi connectivity index (χ1) is 17.0. The van der Waals surface area contributed by atoms with Crippen molar-refractivity contribution < 1.29 is 18.3 Å². The molecule has 2 atom stereocenters. The molecule has 2 aliphatic rings. The van der Waals surface area contributed by atoms with Gasteiger partial charge >= 0.3 is 0 Å². The minimum absolute atomic E-state index is 0.0334. The maximum absolute atomic E-state index is 14.8. The fraction of sp³-hybridized carbons (Fsp3) is 0.400. The van der Waals surface area contributed by atoms with Crippen molar-refractivity contribution in [3.63, 3.8) is 0 Å². The summed E-state index contributed by atoms with van der Waals surface area (Å²) in [4.78, 5) is 18.5. The number of methoxy groups -OCH3 is 1. The zero-order chi connectivity index (χ0) is 24.1. The van der Waals surface area contributed by atoms with Gasteiger partial charge in [-0.1, -0.05) is 0 Å². The van der Waals surface area contributed by atoms with Gasteiger partial charge in [0.2, 0.25) is 5.88 Å². The fourth-order valence-corrected chi connectivity index (χ4v) is 4.60. The first-order valence-corrected chi connectivity index (χ1v) is 11.7. The van der Waals surface area contributed by atoms with Crippen molar-refractivity contribution in [2.24, 2.45) is 0 Å². The first kappa shape index (κ1) is 22.0. The van der Waals surface area contributed by atoms with Crippen LogP contribution in [-0.4, -0.2) is 43.4 Å². The summed E-state index contributed by atoms with van der Waals surface area (Å²) in [5.74, 6) is -0.582. The number of benzene rings is 1. The highest BCUT2D eigenvalue weighted by Crippen LogP contribution is 2.40. The van der Waals surface area contributed by atoms with Crippen LogP contribution in [0.4, 0.5) is 8.78 Å². The van der Waals surface area contributed by atoms with E-state index in [9.17, 15) is 8.78 Å². The molecular formula is C25H24F2N6O2. The summed E-state index contributed by atoms with van der Waals surface area (Å²) in [6, 6.07) is 3.90. The van der Waals surface area contributed by atoms with Crippen LogP contribution in [-0.2, 0) is 4.74 Å². The Morgan fingerprint density at radius 3 is 2.71 bits per heavy atom. The molecule has 2 unspecified atom stereocenters. The fourth-order valence-electron chi connectivity index (χ4n) is 4.60. The smallest absolute Gasteiger partial charge is 0.235 e. The third kappa shape index (κ3) is 4.12. The summed E-state index contributed by atoms with van der Waals surface area (Å²) in [6.07, 6.45) is 7.50. The van der Waals surface area contributed by atoms with Crippen molar-refractivity contribution >= 4 is 11.2 Å². The second-order valence-electron chi connectivity index (χ2n) is 9.11. The van der Waals surface area contributed by atoms with E-state index in [1.54, 1.807) is 6.92 Å². The van der Waals surface area contributed by atoms with Gasteiger partial charge in [-0.15, -0.1) is 0 Å². The van der Waals surface area contributed by atoms with Gasteiger partial charge in [-0.05, 0) is 44.7 Å². The Labute approximate surface area is 200 Å². The molecule has 10 heteroatoms. The number of rotatable bonds is 5. The van der Waals surface area contributed by atoms with Gasteiger partial charge in [0, 0.05) is 35.9 Å². The normalized spacial score (nSPS) is 20.3. The monoisotopic (exact) mass is 478 g/mol. The van der Waals surface area contributed by atoms with Crippen LogP contribution < -0.4 is 4.74 Å². The highest BCUT2D eigenvalue weighted by Gasteiger charge is 2.31. The zero-order valence-electron chi connectivity index (χ0n) is 19.4. The summed E-state index contributed by atoms with van der Waals surface area (Å²) in [7, 11) is 1.49. The van der Waals surface area contributed by atoms with Crippen LogP contribution in [0.3, 0.4) is 0 Å². The van der Waals surface area contributed by atoms with Crippen molar-refractivity contribution in [1.82, 2.24) is 29.7 Å². The van der Waals surface area contributed by atoms with E-state index in [1.807, 2.05) is 10.9 Å². The standard InChI is InChI=1S/C25H24F2N6O2/c1-13-25(34-2)31-22-21(18-6-3-16(26)10-19(18)27)30-23(32-24(22)29-13)14-7-8-35-20(9-14)15-11-28-33(12-15)17-4-5-17/h3,6,10-12,14,17,20H,4-5,7-9H2,1-2H3. The van der Waals surface area contributed by atoms with Gasteiger partial charge in [-0.3, -0.25) is 4.68 Å². The van der Waals surface area contributed by atoms with E-state index in [1.165, 1.54) is 19.2 Å². The van der Waals surface area contributed by atoms with Crippen LogP contribution in [0.15, 0.2) is 30.6 Å². The predicted molar refractivity (Wildman–Crippen MR) is 123 cm³/mol. The molecule has 1 saturated heterocycles. The summed E-state index contributed by atoms with van der Waals surface area (Å²) >= 11 is 0. The van der Waals surface area contributed by atoms with Gasteiger partial charge < -0.3 is 9.47 Å². The lowest BCUT2D eigenvalue weighted by atomic mass is 9.92. The number of halogens is 2. The van der Waals surface area contributed by atoms with Crippen LogP contribution in [0.2, 0.25) is 0 Å². The third-order valence-corrected chi connectivity index (χ3v) is 6.62. The van der Waals surface area contributed by atoms with E-state index in [-0.39, 0.29) is 23.3 Å². The summed E-state index contributed by atoms with van der Waals surface area (Å²) < 4.78 is 41.9. The molecule has 2 fully saturated rings. The van der Waals surface area contributed by atoms with E-state index in [2.05, 4.69) is 21.3 Å². The lowest BCUT2D eigenvalue weighted by Gasteiger charge is -2.28. The molecule has 180 valence electrons. The number of aryl methyl sites for hydroxylation is 1. The van der Waals surface area contributed by atoms with Crippen LogP contribution >= 0.6 is 0 Å². The summed E-state index contributed by atoms with van der Waals surface area (Å²) in [5, 5.41) is 4.49. The highest BCUT2D eigenvalue weighted by molar-refractivity contribution is 5.87. The Kier molecular flexibility index (Phi) is 5.40. The number of hydrogen-bond acceptors (Lipinski definition) is 7. The molecule has 4 heterocycles. The lowest BCUT2D eigenvalue weighted by molar-refractivity contribution is 0.00396. The van der Waals surface area contributed by atoms with E-state index < -0.39 is 11.6 Å². The lowest BCUT2D eigenvalue weighted by Crippen LogP contribution is -2.20. The van der Waals surface area contributed by atoms with Crippen LogP contribution in [0.5, 0.6) is 5.88 Å². The molecule has 0 bridgehead atoms. The Balaban J connectivity index is 1.42. The molecule has 35 heavy (non-hydrogen) atoms. The topological polar surface area (TPSA) is 87.8 Å². The SMILES string of the molecule is COc1nc2c(-c3ccc(F)cc3F)nc(C3CCOC(c4cnn(C5CC5)c4)C3)nc2nc1C. The van der Waals surface area contributed by atoms with Gasteiger partial charge in [0.05, 0.1) is 25.5 Å². The van der Waals surface area contributed by atoms with E-state index >= 15 is 0 Å². The summed E-state index contributed by atoms with van der Waals surface area (Å²) in [6.45, 7) is 2.31. The molecule has 8 nitrogen and oxygen atoms in total. The van der Waals surface area contributed by atoms with Gasteiger partial charge in [0.25, 0.3) is 0 Å². The molecule has 1 saturated carbocycles. The predicted octanol–water partition coefficient (Wildman–Crippen LogP) is 4.85. The van der Waals surface area contributed by atoms with Crippen LogP contribution in [0, 0.1) is 18.6 Å².